The first-order valence-corrected chi connectivity index (χ1v) is 8.31. The molecule has 0 aliphatic rings. The van der Waals surface area contributed by atoms with Crippen molar-refractivity contribution in [2.24, 2.45) is 0 Å². The molecule has 2 aromatic carbocycles. The van der Waals surface area contributed by atoms with Gasteiger partial charge in [-0.2, -0.15) is 0 Å². The first-order chi connectivity index (χ1) is 13.3. The summed E-state index contributed by atoms with van der Waals surface area (Å²) in [6.07, 6.45) is 4.54. The van der Waals surface area contributed by atoms with E-state index in [4.69, 9.17) is 0 Å². The van der Waals surface area contributed by atoms with Crippen molar-refractivity contribution in [2.45, 2.75) is 13.8 Å². The minimum atomic E-state index is -0.543. The highest BCUT2D eigenvalue weighted by atomic mass is 16.6. The lowest BCUT2D eigenvalue weighted by atomic mass is 10.1. The minimum Gasteiger partial charge on any atom is -0.326 e. The Morgan fingerprint density at radius 1 is 1.14 bits per heavy atom. The van der Waals surface area contributed by atoms with Gasteiger partial charge in [-0.3, -0.25) is 19.7 Å². The van der Waals surface area contributed by atoms with Gasteiger partial charge in [-0.15, -0.1) is 0 Å². The van der Waals surface area contributed by atoms with Gasteiger partial charge in [0.25, 0.3) is 11.6 Å². The van der Waals surface area contributed by atoms with Crippen molar-refractivity contribution in [1.29, 1.82) is 0 Å². The Labute approximate surface area is 160 Å². The number of benzene rings is 2. The quantitative estimate of drug-likeness (QED) is 0.521. The number of hydrogen-bond donors (Lipinski definition) is 2. The number of aromatic nitrogens is 2. The number of nitro benzene ring substituents is 1. The number of nitrogens with zero attached hydrogens (tertiary/aromatic N) is 3. The van der Waals surface area contributed by atoms with Gasteiger partial charge in [0.1, 0.15) is 5.69 Å². The van der Waals surface area contributed by atoms with Gasteiger partial charge in [0.05, 0.1) is 11.3 Å². The zero-order valence-electron chi connectivity index (χ0n) is 15.2. The molecule has 28 heavy (non-hydrogen) atoms. The van der Waals surface area contributed by atoms with E-state index in [0.717, 1.165) is 5.56 Å². The third kappa shape index (κ3) is 4.04. The minimum absolute atomic E-state index is 0.152. The molecule has 2 amide bonds. The highest BCUT2D eigenvalue weighted by Gasteiger charge is 2.19. The van der Waals surface area contributed by atoms with Crippen LogP contribution in [0.3, 0.4) is 0 Å². The van der Waals surface area contributed by atoms with Crippen LogP contribution in [0.5, 0.6) is 0 Å². The third-order valence-electron chi connectivity index (χ3n) is 4.01. The Kier molecular flexibility index (Phi) is 5.16. The highest BCUT2D eigenvalue weighted by Crippen LogP contribution is 2.25. The van der Waals surface area contributed by atoms with Gasteiger partial charge in [-0.1, -0.05) is 0 Å². The number of anilines is 2. The SMILES string of the molecule is CC(=O)Nc1ccc(NC(=O)c2ccc(-n3ccnc3)c([N+](=O)[O-])c2)cc1C. The summed E-state index contributed by atoms with van der Waals surface area (Å²) in [5, 5.41) is 16.8. The van der Waals surface area contributed by atoms with Gasteiger partial charge in [0, 0.05) is 42.3 Å². The van der Waals surface area contributed by atoms with Crippen LogP contribution in [0.1, 0.15) is 22.8 Å². The third-order valence-corrected chi connectivity index (χ3v) is 4.01. The standard InChI is InChI=1S/C19H17N5O4/c1-12-9-15(4-5-16(12)21-13(2)25)22-19(26)14-3-6-17(18(10-14)24(27)28)23-8-7-20-11-23/h3-11H,1-2H3,(H,21,25)(H,22,26). The van der Waals surface area contributed by atoms with Gasteiger partial charge in [0.15, 0.2) is 0 Å². The van der Waals surface area contributed by atoms with E-state index >= 15 is 0 Å². The molecule has 0 radical (unpaired) electrons. The van der Waals surface area contributed by atoms with E-state index in [-0.39, 0.29) is 17.2 Å². The lowest BCUT2D eigenvalue weighted by Crippen LogP contribution is -2.13. The second-order valence-electron chi connectivity index (χ2n) is 6.10. The number of amides is 2. The number of aryl methyl sites for hydroxylation is 1. The second-order valence-corrected chi connectivity index (χ2v) is 6.10. The largest absolute Gasteiger partial charge is 0.326 e. The fourth-order valence-electron chi connectivity index (χ4n) is 2.71. The number of nitro groups is 1. The number of hydrogen-bond acceptors (Lipinski definition) is 5. The molecule has 1 heterocycles. The fourth-order valence-corrected chi connectivity index (χ4v) is 2.71. The van der Waals surface area contributed by atoms with E-state index in [1.165, 1.54) is 42.2 Å². The maximum atomic E-state index is 12.5. The fraction of sp³-hybridized carbons (Fsp3) is 0.105. The van der Waals surface area contributed by atoms with Crippen LogP contribution in [-0.2, 0) is 4.79 Å². The zero-order chi connectivity index (χ0) is 20.3. The summed E-state index contributed by atoms with van der Waals surface area (Å²) in [6, 6.07) is 9.26. The van der Waals surface area contributed by atoms with Crippen molar-refractivity contribution < 1.29 is 14.5 Å². The van der Waals surface area contributed by atoms with Crippen molar-refractivity contribution in [3.63, 3.8) is 0 Å². The Balaban J connectivity index is 1.85. The first-order valence-electron chi connectivity index (χ1n) is 8.31. The molecule has 1 aromatic heterocycles. The lowest BCUT2D eigenvalue weighted by molar-refractivity contribution is -0.384. The molecule has 3 aromatic rings. The van der Waals surface area contributed by atoms with Gasteiger partial charge in [0.2, 0.25) is 5.91 Å². The number of carbonyl (C=O) groups excluding carboxylic acids is 2. The van der Waals surface area contributed by atoms with Crippen LogP contribution in [0.2, 0.25) is 0 Å². The van der Waals surface area contributed by atoms with Gasteiger partial charge >= 0.3 is 0 Å². The molecule has 0 atom stereocenters. The molecular formula is C19H17N5O4. The molecule has 0 saturated carbocycles. The molecule has 0 unspecified atom stereocenters. The monoisotopic (exact) mass is 379 g/mol. The molecule has 0 aliphatic heterocycles. The summed E-state index contributed by atoms with van der Waals surface area (Å²) in [5.74, 6) is -0.669. The van der Waals surface area contributed by atoms with Crippen molar-refractivity contribution in [2.75, 3.05) is 10.6 Å². The molecule has 0 spiro atoms. The van der Waals surface area contributed by atoms with Crippen molar-refractivity contribution >= 4 is 28.9 Å². The molecule has 0 saturated heterocycles. The van der Waals surface area contributed by atoms with Crippen LogP contribution < -0.4 is 10.6 Å². The zero-order valence-corrected chi connectivity index (χ0v) is 15.2. The lowest BCUT2D eigenvalue weighted by Gasteiger charge is -2.11. The molecule has 0 fully saturated rings. The average Bonchev–Trinajstić information content (AvgIpc) is 3.17. The number of carbonyl (C=O) groups is 2. The predicted molar refractivity (Wildman–Crippen MR) is 104 cm³/mol. The van der Waals surface area contributed by atoms with Crippen LogP contribution in [0.25, 0.3) is 5.69 Å². The van der Waals surface area contributed by atoms with Crippen LogP contribution in [-0.4, -0.2) is 26.3 Å². The summed E-state index contributed by atoms with van der Waals surface area (Å²) in [5.41, 5.74) is 2.19. The summed E-state index contributed by atoms with van der Waals surface area (Å²) in [6.45, 7) is 3.21. The molecule has 2 N–H and O–H groups in total. The highest BCUT2D eigenvalue weighted by molar-refractivity contribution is 6.05. The molecule has 0 bridgehead atoms. The molecule has 142 valence electrons. The maximum Gasteiger partial charge on any atom is 0.294 e. The van der Waals surface area contributed by atoms with Crippen LogP contribution >= 0.6 is 0 Å². The van der Waals surface area contributed by atoms with E-state index in [1.807, 2.05) is 0 Å². The number of nitrogens with one attached hydrogen (secondary N) is 2. The topological polar surface area (TPSA) is 119 Å². The van der Waals surface area contributed by atoms with Crippen molar-refractivity contribution in [1.82, 2.24) is 9.55 Å². The second kappa shape index (κ2) is 7.70. The molecule has 9 nitrogen and oxygen atoms in total. The van der Waals surface area contributed by atoms with Crippen LogP contribution in [0, 0.1) is 17.0 Å². The Bertz CT molecular complexity index is 1060. The van der Waals surface area contributed by atoms with Crippen molar-refractivity contribution in [3.8, 4) is 5.69 Å². The Morgan fingerprint density at radius 2 is 1.93 bits per heavy atom. The summed E-state index contributed by atoms with van der Waals surface area (Å²) < 4.78 is 1.50. The van der Waals surface area contributed by atoms with Gasteiger partial charge in [-0.25, -0.2) is 4.98 Å². The van der Waals surface area contributed by atoms with Gasteiger partial charge in [-0.05, 0) is 42.8 Å². The molecule has 3 rings (SSSR count). The maximum absolute atomic E-state index is 12.5. The van der Waals surface area contributed by atoms with Crippen molar-refractivity contribution in [3.05, 3.63) is 76.4 Å². The first kappa shape index (κ1) is 18.8. The normalized spacial score (nSPS) is 10.4. The van der Waals surface area contributed by atoms with Crippen LogP contribution in [0.15, 0.2) is 55.1 Å². The smallest absolute Gasteiger partial charge is 0.294 e. The number of imidazole rings is 1. The Morgan fingerprint density at radius 3 is 2.54 bits per heavy atom. The number of rotatable bonds is 5. The van der Waals surface area contributed by atoms with Crippen LogP contribution in [0.4, 0.5) is 17.1 Å². The molecule has 0 aliphatic carbocycles. The summed E-state index contributed by atoms with van der Waals surface area (Å²) in [7, 11) is 0. The van der Waals surface area contributed by atoms with E-state index in [1.54, 1.807) is 31.3 Å². The van der Waals surface area contributed by atoms with E-state index in [0.29, 0.717) is 17.1 Å². The summed E-state index contributed by atoms with van der Waals surface area (Å²) >= 11 is 0. The predicted octanol–water partition coefficient (Wildman–Crippen LogP) is 3.30. The Hall–Kier alpha value is -4.01. The summed E-state index contributed by atoms with van der Waals surface area (Å²) in [4.78, 5) is 38.5. The van der Waals surface area contributed by atoms with E-state index in [2.05, 4.69) is 15.6 Å². The van der Waals surface area contributed by atoms with Gasteiger partial charge < -0.3 is 15.2 Å². The average molecular weight is 379 g/mol. The molecular weight excluding hydrogens is 362 g/mol. The van der Waals surface area contributed by atoms with E-state index < -0.39 is 10.8 Å². The van der Waals surface area contributed by atoms with E-state index in [9.17, 15) is 19.7 Å². The molecule has 9 heteroatoms.